The summed E-state index contributed by atoms with van der Waals surface area (Å²) >= 11 is 6.67. The zero-order valence-electron chi connectivity index (χ0n) is 9.40. The van der Waals surface area contributed by atoms with E-state index >= 15 is 0 Å². The van der Waals surface area contributed by atoms with Gasteiger partial charge in [0.05, 0.1) is 5.56 Å². The highest BCUT2D eigenvalue weighted by atomic mass is 79.9. The van der Waals surface area contributed by atoms with Gasteiger partial charge < -0.3 is 4.74 Å². The molecule has 0 aliphatic carbocycles. The number of benzene rings is 2. The van der Waals surface area contributed by atoms with Crippen LogP contribution in [0.25, 0.3) is 0 Å². The van der Waals surface area contributed by atoms with Crippen molar-refractivity contribution in [2.24, 2.45) is 0 Å². The maximum absolute atomic E-state index is 11.9. The van der Waals surface area contributed by atoms with Gasteiger partial charge in [0.2, 0.25) is 0 Å². The van der Waals surface area contributed by atoms with E-state index in [0.717, 1.165) is 14.5 Å². The Labute approximate surface area is 122 Å². The van der Waals surface area contributed by atoms with Crippen LogP contribution in [-0.4, -0.2) is 5.97 Å². The highest BCUT2D eigenvalue weighted by molar-refractivity contribution is 9.11. The zero-order valence-corrected chi connectivity index (χ0v) is 12.6. The van der Waals surface area contributed by atoms with Crippen molar-refractivity contribution in [3.8, 4) is 0 Å². The topological polar surface area (TPSA) is 26.3 Å². The van der Waals surface area contributed by atoms with E-state index in [-0.39, 0.29) is 12.6 Å². The van der Waals surface area contributed by atoms with Crippen LogP contribution in [0.2, 0.25) is 0 Å². The van der Waals surface area contributed by atoms with E-state index < -0.39 is 0 Å². The first kappa shape index (κ1) is 13.3. The molecule has 0 radical (unpaired) electrons. The first-order valence-corrected chi connectivity index (χ1v) is 6.91. The van der Waals surface area contributed by atoms with Crippen molar-refractivity contribution < 1.29 is 9.53 Å². The lowest BCUT2D eigenvalue weighted by Crippen LogP contribution is -2.06. The molecule has 0 saturated carbocycles. The molecular weight excluding hydrogens is 360 g/mol. The third kappa shape index (κ3) is 3.43. The van der Waals surface area contributed by atoms with Gasteiger partial charge in [0, 0.05) is 8.95 Å². The molecule has 0 unspecified atom stereocenters. The van der Waals surface area contributed by atoms with Crippen molar-refractivity contribution in [2.75, 3.05) is 0 Å². The number of esters is 1. The molecule has 0 heterocycles. The third-order valence-electron chi connectivity index (χ3n) is 2.36. The normalized spacial score (nSPS) is 10.1. The number of carbonyl (C=O) groups excluding carboxylic acids is 1. The maximum atomic E-state index is 11.9. The third-order valence-corrected chi connectivity index (χ3v) is 3.55. The van der Waals surface area contributed by atoms with Crippen LogP contribution in [0.1, 0.15) is 15.9 Å². The highest BCUT2D eigenvalue weighted by Gasteiger charge is 2.12. The van der Waals surface area contributed by atoms with Crippen molar-refractivity contribution in [3.63, 3.8) is 0 Å². The van der Waals surface area contributed by atoms with Crippen LogP contribution in [0, 0.1) is 0 Å². The maximum Gasteiger partial charge on any atom is 0.339 e. The molecule has 0 bridgehead atoms. The lowest BCUT2D eigenvalue weighted by molar-refractivity contribution is 0.0471. The minimum atomic E-state index is -0.341. The standard InChI is InChI=1S/C14H10Br2O2/c15-11-6-7-13(16)12(8-11)14(17)18-9-10-4-2-1-3-5-10/h1-8H,9H2. The smallest absolute Gasteiger partial charge is 0.339 e. The number of ether oxygens (including phenoxy) is 1. The van der Waals surface area contributed by atoms with Gasteiger partial charge in [-0.15, -0.1) is 0 Å². The molecule has 4 heteroatoms. The molecule has 2 aromatic carbocycles. The lowest BCUT2D eigenvalue weighted by atomic mass is 10.2. The van der Waals surface area contributed by atoms with Crippen LogP contribution in [-0.2, 0) is 11.3 Å². The van der Waals surface area contributed by atoms with Gasteiger partial charge in [-0.1, -0.05) is 46.3 Å². The van der Waals surface area contributed by atoms with Crippen LogP contribution in [0.5, 0.6) is 0 Å². The van der Waals surface area contributed by atoms with Crippen molar-refractivity contribution in [1.82, 2.24) is 0 Å². The molecule has 92 valence electrons. The average molecular weight is 370 g/mol. The largest absolute Gasteiger partial charge is 0.457 e. The minimum Gasteiger partial charge on any atom is -0.457 e. The first-order valence-electron chi connectivity index (χ1n) is 5.33. The monoisotopic (exact) mass is 368 g/mol. The summed E-state index contributed by atoms with van der Waals surface area (Å²) in [6.07, 6.45) is 0. The summed E-state index contributed by atoms with van der Waals surface area (Å²) in [5, 5.41) is 0. The van der Waals surface area contributed by atoms with E-state index in [2.05, 4.69) is 31.9 Å². The van der Waals surface area contributed by atoms with Gasteiger partial charge in [0.1, 0.15) is 6.61 Å². The van der Waals surface area contributed by atoms with Gasteiger partial charge in [-0.05, 0) is 39.7 Å². The summed E-state index contributed by atoms with van der Waals surface area (Å²) in [5.41, 5.74) is 1.48. The van der Waals surface area contributed by atoms with Crippen molar-refractivity contribution in [1.29, 1.82) is 0 Å². The quantitative estimate of drug-likeness (QED) is 0.741. The fourth-order valence-electron chi connectivity index (χ4n) is 1.45. The molecule has 0 aromatic heterocycles. The van der Waals surface area contributed by atoms with Crippen LogP contribution in [0.4, 0.5) is 0 Å². The Morgan fingerprint density at radius 1 is 1.06 bits per heavy atom. The van der Waals surface area contributed by atoms with E-state index in [4.69, 9.17) is 4.74 Å². The molecule has 0 amide bonds. The summed E-state index contributed by atoms with van der Waals surface area (Å²) in [6.45, 7) is 0.276. The molecule has 0 saturated heterocycles. The minimum absolute atomic E-state index is 0.276. The summed E-state index contributed by atoms with van der Waals surface area (Å²) in [4.78, 5) is 11.9. The molecule has 0 aliphatic heterocycles. The number of carbonyl (C=O) groups is 1. The van der Waals surface area contributed by atoms with Crippen LogP contribution < -0.4 is 0 Å². The predicted octanol–water partition coefficient (Wildman–Crippen LogP) is 4.57. The fraction of sp³-hybridized carbons (Fsp3) is 0.0714. The predicted molar refractivity (Wildman–Crippen MR) is 77.4 cm³/mol. The Morgan fingerprint density at radius 2 is 1.78 bits per heavy atom. The van der Waals surface area contributed by atoms with Gasteiger partial charge in [-0.3, -0.25) is 0 Å². The molecule has 0 fully saturated rings. The van der Waals surface area contributed by atoms with Crippen LogP contribution >= 0.6 is 31.9 Å². The highest BCUT2D eigenvalue weighted by Crippen LogP contribution is 2.22. The van der Waals surface area contributed by atoms with Gasteiger partial charge in [-0.2, -0.15) is 0 Å². The Hall–Kier alpha value is -1.13. The van der Waals surface area contributed by atoms with Crippen molar-refractivity contribution in [3.05, 3.63) is 68.6 Å². The molecule has 0 N–H and O–H groups in total. The number of hydrogen-bond acceptors (Lipinski definition) is 2. The van der Waals surface area contributed by atoms with E-state index in [1.165, 1.54) is 0 Å². The first-order chi connectivity index (χ1) is 8.66. The summed E-state index contributed by atoms with van der Waals surface area (Å²) in [6, 6.07) is 15.0. The van der Waals surface area contributed by atoms with Gasteiger partial charge >= 0.3 is 5.97 Å². The summed E-state index contributed by atoms with van der Waals surface area (Å²) in [5.74, 6) is -0.341. The molecular formula is C14H10Br2O2. The molecule has 0 aliphatic rings. The Kier molecular flexibility index (Phi) is 4.55. The molecule has 0 atom stereocenters. The van der Waals surface area contributed by atoms with Gasteiger partial charge in [0.25, 0.3) is 0 Å². The van der Waals surface area contributed by atoms with Crippen molar-refractivity contribution >= 4 is 37.8 Å². The number of hydrogen-bond donors (Lipinski definition) is 0. The molecule has 2 rings (SSSR count). The fourth-order valence-corrected chi connectivity index (χ4v) is 2.22. The molecule has 18 heavy (non-hydrogen) atoms. The summed E-state index contributed by atoms with van der Waals surface area (Å²) < 4.78 is 6.83. The number of halogens is 2. The number of rotatable bonds is 3. The second kappa shape index (κ2) is 6.16. The summed E-state index contributed by atoms with van der Waals surface area (Å²) in [7, 11) is 0. The Morgan fingerprint density at radius 3 is 2.50 bits per heavy atom. The lowest BCUT2D eigenvalue weighted by Gasteiger charge is -2.06. The van der Waals surface area contributed by atoms with E-state index in [0.29, 0.717) is 5.56 Å². The molecule has 2 aromatic rings. The van der Waals surface area contributed by atoms with E-state index in [9.17, 15) is 4.79 Å². The van der Waals surface area contributed by atoms with E-state index in [1.54, 1.807) is 6.07 Å². The van der Waals surface area contributed by atoms with E-state index in [1.807, 2.05) is 42.5 Å². The Bertz CT molecular complexity index is 553. The van der Waals surface area contributed by atoms with Gasteiger partial charge in [-0.25, -0.2) is 4.79 Å². The zero-order chi connectivity index (χ0) is 13.0. The van der Waals surface area contributed by atoms with Crippen molar-refractivity contribution in [2.45, 2.75) is 6.61 Å². The SMILES string of the molecule is O=C(OCc1ccccc1)c1cc(Br)ccc1Br. The second-order valence-corrected chi connectivity index (χ2v) is 5.46. The average Bonchev–Trinajstić information content (AvgIpc) is 2.40. The Balaban J connectivity index is 2.06. The van der Waals surface area contributed by atoms with Gasteiger partial charge in [0.15, 0.2) is 0 Å². The molecule has 0 spiro atoms. The molecule has 2 nitrogen and oxygen atoms in total. The van der Waals surface area contributed by atoms with Crippen LogP contribution in [0.3, 0.4) is 0 Å². The van der Waals surface area contributed by atoms with Crippen LogP contribution in [0.15, 0.2) is 57.5 Å². The second-order valence-electron chi connectivity index (χ2n) is 3.69.